The monoisotopic (exact) mass is 497 g/mol. The highest BCUT2D eigenvalue weighted by atomic mass is 19.4. The number of nitrogens with zero attached hydrogens (tertiary/aromatic N) is 1. The minimum Gasteiger partial charge on any atom is -0.355 e. The third kappa shape index (κ3) is 6.85. The highest BCUT2D eigenvalue weighted by Crippen LogP contribution is 2.35. The molecule has 1 aromatic heterocycles. The van der Waals surface area contributed by atoms with Gasteiger partial charge in [0, 0.05) is 35.4 Å². The van der Waals surface area contributed by atoms with Crippen molar-refractivity contribution in [1.82, 2.24) is 10.3 Å². The number of benzene rings is 2. The van der Waals surface area contributed by atoms with Crippen LogP contribution in [0.5, 0.6) is 0 Å². The Bertz CT molecular complexity index is 1190. The molecule has 0 aliphatic rings. The lowest BCUT2D eigenvalue weighted by Crippen LogP contribution is -2.24. The van der Waals surface area contributed by atoms with Crippen LogP contribution in [0, 0.1) is 0 Å². The number of hydrogen-bond donors (Lipinski definition) is 4. The zero-order valence-electron chi connectivity index (χ0n) is 17.8. The van der Waals surface area contributed by atoms with Crippen LogP contribution in [0.3, 0.4) is 0 Å². The van der Waals surface area contributed by atoms with E-state index in [0.29, 0.717) is 23.5 Å². The SMILES string of the molecule is CNC(=O)Nc1cccc(C(=O)Nc2ccc(Nc3cc(C(F)(F)F)nc(C(F)(F)F)c3)cc2)c1. The van der Waals surface area contributed by atoms with Gasteiger partial charge in [0.25, 0.3) is 5.91 Å². The first-order chi connectivity index (χ1) is 16.3. The maximum atomic E-state index is 13.0. The average molecular weight is 497 g/mol. The number of carbonyl (C=O) groups is 2. The summed E-state index contributed by atoms with van der Waals surface area (Å²) in [5.41, 5.74) is -2.74. The van der Waals surface area contributed by atoms with E-state index in [1.165, 1.54) is 43.4 Å². The van der Waals surface area contributed by atoms with Crippen molar-refractivity contribution >= 4 is 34.7 Å². The van der Waals surface area contributed by atoms with Gasteiger partial charge < -0.3 is 21.3 Å². The van der Waals surface area contributed by atoms with Crippen LogP contribution in [-0.4, -0.2) is 24.0 Å². The van der Waals surface area contributed by atoms with E-state index in [-0.39, 0.29) is 11.3 Å². The van der Waals surface area contributed by atoms with Crippen molar-refractivity contribution in [3.63, 3.8) is 0 Å². The third-order valence-corrected chi connectivity index (χ3v) is 4.45. The second kappa shape index (κ2) is 9.91. The molecular weight excluding hydrogens is 480 g/mol. The topological polar surface area (TPSA) is 95.2 Å². The molecule has 0 radical (unpaired) electrons. The summed E-state index contributed by atoms with van der Waals surface area (Å²) in [4.78, 5) is 26.5. The molecule has 1 heterocycles. The maximum absolute atomic E-state index is 13.0. The Hall–Kier alpha value is -4.29. The molecule has 7 nitrogen and oxygen atoms in total. The van der Waals surface area contributed by atoms with Gasteiger partial charge in [-0.2, -0.15) is 26.3 Å². The van der Waals surface area contributed by atoms with Crippen LogP contribution in [0.4, 0.5) is 53.9 Å². The molecule has 0 fully saturated rings. The van der Waals surface area contributed by atoms with Crippen molar-refractivity contribution in [2.75, 3.05) is 23.0 Å². The molecule has 4 N–H and O–H groups in total. The van der Waals surface area contributed by atoms with Crippen LogP contribution in [0.1, 0.15) is 21.7 Å². The number of alkyl halides is 6. The van der Waals surface area contributed by atoms with Crippen molar-refractivity contribution < 1.29 is 35.9 Å². The molecule has 0 unspecified atom stereocenters. The smallest absolute Gasteiger partial charge is 0.355 e. The first-order valence-corrected chi connectivity index (χ1v) is 9.79. The summed E-state index contributed by atoms with van der Waals surface area (Å²) in [5.74, 6) is -0.509. The first-order valence-electron chi connectivity index (χ1n) is 9.79. The lowest BCUT2D eigenvalue weighted by molar-refractivity contribution is -0.150. The van der Waals surface area contributed by atoms with Crippen LogP contribution in [-0.2, 0) is 12.4 Å². The van der Waals surface area contributed by atoms with E-state index in [1.54, 1.807) is 12.1 Å². The zero-order chi connectivity index (χ0) is 25.8. The largest absolute Gasteiger partial charge is 0.433 e. The second-order valence-electron chi connectivity index (χ2n) is 7.06. The van der Waals surface area contributed by atoms with Crippen LogP contribution < -0.4 is 21.3 Å². The molecule has 2 aromatic carbocycles. The Morgan fingerprint density at radius 2 is 1.29 bits per heavy atom. The van der Waals surface area contributed by atoms with Crippen molar-refractivity contribution in [3.05, 3.63) is 77.6 Å². The highest BCUT2D eigenvalue weighted by molar-refractivity contribution is 6.05. The van der Waals surface area contributed by atoms with E-state index in [9.17, 15) is 35.9 Å². The number of aromatic nitrogens is 1. The normalized spacial score (nSPS) is 11.5. The van der Waals surface area contributed by atoms with Gasteiger partial charge in [-0.3, -0.25) is 4.79 Å². The zero-order valence-corrected chi connectivity index (χ0v) is 17.8. The molecule has 0 atom stereocenters. The van der Waals surface area contributed by atoms with Crippen molar-refractivity contribution in [3.8, 4) is 0 Å². The van der Waals surface area contributed by atoms with Gasteiger partial charge in [-0.05, 0) is 54.6 Å². The van der Waals surface area contributed by atoms with E-state index < -0.39 is 41.4 Å². The Labute approximate surface area is 194 Å². The van der Waals surface area contributed by atoms with Gasteiger partial charge >= 0.3 is 18.4 Å². The average Bonchev–Trinajstić information content (AvgIpc) is 2.79. The molecule has 0 aliphatic carbocycles. The van der Waals surface area contributed by atoms with Gasteiger partial charge in [0.2, 0.25) is 0 Å². The molecular formula is C22H17F6N5O2. The van der Waals surface area contributed by atoms with E-state index in [2.05, 4.69) is 26.3 Å². The maximum Gasteiger partial charge on any atom is 0.433 e. The molecule has 184 valence electrons. The molecule has 0 aliphatic heterocycles. The molecule has 3 rings (SSSR count). The predicted octanol–water partition coefficient (Wildman–Crippen LogP) is 5.87. The number of nitrogens with one attached hydrogen (secondary N) is 4. The lowest BCUT2D eigenvalue weighted by atomic mass is 10.1. The van der Waals surface area contributed by atoms with E-state index in [4.69, 9.17) is 0 Å². The molecule has 0 saturated carbocycles. The van der Waals surface area contributed by atoms with Crippen LogP contribution in [0.2, 0.25) is 0 Å². The van der Waals surface area contributed by atoms with Gasteiger partial charge in [-0.25, -0.2) is 9.78 Å². The summed E-state index contributed by atoms with van der Waals surface area (Å²) in [5, 5.41) is 9.97. The minimum absolute atomic E-state index is 0.173. The quantitative estimate of drug-likeness (QED) is 0.332. The summed E-state index contributed by atoms with van der Waals surface area (Å²) in [6.07, 6.45) is -10.1. The molecule has 0 saturated heterocycles. The number of halogens is 6. The summed E-state index contributed by atoms with van der Waals surface area (Å²) in [6.45, 7) is 0. The summed E-state index contributed by atoms with van der Waals surface area (Å²) < 4.78 is 77.8. The van der Waals surface area contributed by atoms with Crippen LogP contribution >= 0.6 is 0 Å². The summed E-state index contributed by atoms with van der Waals surface area (Å²) in [7, 11) is 1.43. The van der Waals surface area contributed by atoms with Crippen LogP contribution in [0.25, 0.3) is 0 Å². The van der Waals surface area contributed by atoms with Gasteiger partial charge in [0.05, 0.1) is 0 Å². The second-order valence-corrected chi connectivity index (χ2v) is 7.06. The van der Waals surface area contributed by atoms with Crippen LogP contribution in [0.15, 0.2) is 60.7 Å². The number of carbonyl (C=O) groups excluding carboxylic acids is 2. The van der Waals surface area contributed by atoms with Gasteiger partial charge in [0.15, 0.2) is 0 Å². The molecule has 0 bridgehead atoms. The summed E-state index contributed by atoms with van der Waals surface area (Å²) in [6, 6.07) is 12.1. The molecule has 3 aromatic rings. The lowest BCUT2D eigenvalue weighted by Gasteiger charge is -2.14. The van der Waals surface area contributed by atoms with E-state index in [0.717, 1.165) is 0 Å². The molecule has 3 amide bonds. The summed E-state index contributed by atoms with van der Waals surface area (Å²) >= 11 is 0. The van der Waals surface area contributed by atoms with E-state index in [1.807, 2.05) is 0 Å². The molecule has 13 heteroatoms. The number of anilines is 4. The number of hydrogen-bond acceptors (Lipinski definition) is 4. The van der Waals surface area contributed by atoms with Gasteiger partial charge in [-0.15, -0.1) is 0 Å². The highest BCUT2D eigenvalue weighted by Gasteiger charge is 2.38. The Morgan fingerprint density at radius 1 is 0.714 bits per heavy atom. The standard InChI is InChI=1S/C22H17F6N5O2/c1-29-20(35)32-15-4-2-3-12(9-15)19(34)31-14-7-5-13(6-8-14)30-16-10-17(21(23,24)25)33-18(11-16)22(26,27)28/h2-11H,1H3,(H,30,33)(H,31,34)(H2,29,32,35). The first kappa shape index (κ1) is 25.3. The minimum atomic E-state index is -5.07. The van der Waals surface area contributed by atoms with Crippen molar-refractivity contribution in [2.24, 2.45) is 0 Å². The number of urea groups is 1. The van der Waals surface area contributed by atoms with Crippen molar-refractivity contribution in [1.29, 1.82) is 0 Å². The van der Waals surface area contributed by atoms with Gasteiger partial charge in [-0.1, -0.05) is 6.07 Å². The predicted molar refractivity (Wildman–Crippen MR) is 116 cm³/mol. The fraction of sp³-hybridized carbons (Fsp3) is 0.136. The Balaban J connectivity index is 1.74. The Kier molecular flexibility index (Phi) is 7.17. The number of rotatable bonds is 5. The fourth-order valence-electron chi connectivity index (χ4n) is 2.83. The Morgan fingerprint density at radius 3 is 1.83 bits per heavy atom. The fourth-order valence-corrected chi connectivity index (χ4v) is 2.83. The number of amides is 3. The van der Waals surface area contributed by atoms with Gasteiger partial charge in [0.1, 0.15) is 11.4 Å². The van der Waals surface area contributed by atoms with Crippen molar-refractivity contribution in [2.45, 2.75) is 12.4 Å². The third-order valence-electron chi connectivity index (χ3n) is 4.45. The molecule has 35 heavy (non-hydrogen) atoms. The molecule has 0 spiro atoms. The van der Waals surface area contributed by atoms with E-state index >= 15 is 0 Å². The number of pyridine rings is 1.